The van der Waals surface area contributed by atoms with Gasteiger partial charge >= 0.3 is 0 Å². The van der Waals surface area contributed by atoms with Crippen molar-refractivity contribution in [2.45, 2.75) is 6.42 Å². The predicted molar refractivity (Wildman–Crippen MR) is 148 cm³/mol. The van der Waals surface area contributed by atoms with Crippen LogP contribution in [0.4, 0.5) is 11.4 Å². The molecule has 0 saturated carbocycles. The first-order chi connectivity index (χ1) is 17.8. The second-order valence-corrected chi connectivity index (χ2v) is 9.17. The maximum absolute atomic E-state index is 12.2. The molecule has 2 aromatic carbocycles. The highest BCUT2D eigenvalue weighted by Crippen LogP contribution is 2.35. The van der Waals surface area contributed by atoms with Crippen LogP contribution in [-0.2, 0) is 18.3 Å². The van der Waals surface area contributed by atoms with Gasteiger partial charge in [0, 0.05) is 67.9 Å². The van der Waals surface area contributed by atoms with Gasteiger partial charge in [-0.2, -0.15) is 0 Å². The number of benzene rings is 2. The summed E-state index contributed by atoms with van der Waals surface area (Å²) in [5, 5.41) is 4.03. The van der Waals surface area contributed by atoms with Gasteiger partial charge in [0.05, 0.1) is 18.5 Å². The van der Waals surface area contributed by atoms with E-state index in [1.54, 1.807) is 7.11 Å². The first kappa shape index (κ1) is 25.8. The van der Waals surface area contributed by atoms with Gasteiger partial charge in [-0.05, 0) is 32.3 Å². The van der Waals surface area contributed by atoms with Gasteiger partial charge in [0.15, 0.2) is 5.82 Å². The monoisotopic (exact) mass is 499 g/mol. The van der Waals surface area contributed by atoms with Crippen LogP contribution in [0.5, 0.6) is 5.75 Å². The number of hydrogen-bond donors (Lipinski definition) is 1. The first-order valence-corrected chi connectivity index (χ1v) is 12.0. The lowest BCUT2D eigenvalue weighted by atomic mass is 10.1. The van der Waals surface area contributed by atoms with Crippen molar-refractivity contribution in [3.63, 3.8) is 0 Å². The smallest absolute Gasteiger partial charge is 0.247 e. The number of carbonyl (C=O) groups is 1. The summed E-state index contributed by atoms with van der Waals surface area (Å²) in [4.78, 5) is 30.1. The molecule has 0 aliphatic rings. The van der Waals surface area contributed by atoms with Crippen molar-refractivity contribution in [3.8, 4) is 17.1 Å². The summed E-state index contributed by atoms with van der Waals surface area (Å²) in [6.07, 6.45) is 5.24. The number of likely N-dealkylation sites (N-methyl/N-ethyl adjacent to an activating group) is 2. The number of hydrogen-bond acceptors (Lipinski definition) is 7. The Balaban J connectivity index is 1.71. The summed E-state index contributed by atoms with van der Waals surface area (Å²) in [6.45, 7) is 5.22. The Kier molecular flexibility index (Phi) is 7.83. The zero-order chi connectivity index (χ0) is 26.5. The fraction of sp³-hybridized carbons (Fsp3) is 0.286. The summed E-state index contributed by atoms with van der Waals surface area (Å²) in [5.74, 6) is 1.62. The number of fused-ring (bicyclic) bond motifs is 1. The van der Waals surface area contributed by atoms with Gasteiger partial charge in [-0.25, -0.2) is 15.0 Å². The Bertz CT molecular complexity index is 1430. The van der Waals surface area contributed by atoms with E-state index in [2.05, 4.69) is 48.4 Å². The molecule has 0 radical (unpaired) electrons. The maximum atomic E-state index is 12.2. The molecule has 0 saturated heterocycles. The summed E-state index contributed by atoms with van der Waals surface area (Å²) in [6, 6.07) is 12.0. The molecule has 9 heteroatoms. The Morgan fingerprint density at radius 2 is 1.95 bits per heavy atom. The molecule has 0 atom stereocenters. The normalized spacial score (nSPS) is 11.1. The minimum Gasteiger partial charge on any atom is -0.496 e. The molecule has 0 bridgehead atoms. The third-order valence-corrected chi connectivity index (χ3v) is 6.24. The molecule has 37 heavy (non-hydrogen) atoms. The lowest BCUT2D eigenvalue weighted by Crippen LogP contribution is -2.29. The fourth-order valence-electron chi connectivity index (χ4n) is 4.25. The van der Waals surface area contributed by atoms with Crippen LogP contribution < -0.4 is 15.0 Å². The summed E-state index contributed by atoms with van der Waals surface area (Å²) < 4.78 is 7.82. The second kappa shape index (κ2) is 11.2. The number of nitrogens with one attached hydrogen (secondary N) is 1. The van der Waals surface area contributed by atoms with Crippen LogP contribution in [0.1, 0.15) is 11.4 Å². The lowest BCUT2D eigenvalue weighted by Gasteiger charge is -2.25. The first-order valence-electron chi connectivity index (χ1n) is 12.0. The van der Waals surface area contributed by atoms with Crippen molar-refractivity contribution in [2.75, 3.05) is 51.6 Å². The highest BCUT2D eigenvalue weighted by Gasteiger charge is 2.18. The van der Waals surface area contributed by atoms with Crippen molar-refractivity contribution in [1.82, 2.24) is 24.4 Å². The highest BCUT2D eigenvalue weighted by atomic mass is 16.5. The van der Waals surface area contributed by atoms with Crippen LogP contribution >= 0.6 is 0 Å². The van der Waals surface area contributed by atoms with Crippen LogP contribution in [0.25, 0.3) is 22.3 Å². The summed E-state index contributed by atoms with van der Waals surface area (Å²) in [5.41, 5.74) is 4.43. The molecule has 2 heterocycles. The third kappa shape index (κ3) is 5.78. The topological polar surface area (TPSA) is 88.4 Å². The number of para-hydroxylation sites is 1. The number of methoxy groups -OCH3 is 1. The molecule has 0 spiro atoms. The zero-order valence-electron chi connectivity index (χ0n) is 22.0. The predicted octanol–water partition coefficient (Wildman–Crippen LogP) is 3.75. The van der Waals surface area contributed by atoms with Gasteiger partial charge in [0.1, 0.15) is 17.9 Å². The van der Waals surface area contributed by atoms with Crippen LogP contribution in [0, 0.1) is 0 Å². The SMILES string of the molecule is C=CC(=O)Nc1cc(Cc2ncnc(-c3cn(C)c4ccccc34)n2)c(OC)cc1N(C)CCN(C)C. The molecular weight excluding hydrogens is 466 g/mol. The van der Waals surface area contributed by atoms with E-state index in [9.17, 15) is 4.79 Å². The van der Waals surface area contributed by atoms with Gasteiger partial charge in [-0.15, -0.1) is 0 Å². The van der Waals surface area contributed by atoms with Crippen LogP contribution in [0.15, 0.2) is 61.6 Å². The van der Waals surface area contributed by atoms with Crippen LogP contribution in [0.2, 0.25) is 0 Å². The number of aryl methyl sites for hydroxylation is 1. The van der Waals surface area contributed by atoms with Gasteiger partial charge in [0.25, 0.3) is 0 Å². The summed E-state index contributed by atoms with van der Waals surface area (Å²) >= 11 is 0. The number of rotatable bonds is 10. The molecule has 9 nitrogen and oxygen atoms in total. The van der Waals surface area contributed by atoms with Gasteiger partial charge in [-0.1, -0.05) is 24.8 Å². The Hall–Kier alpha value is -4.24. The van der Waals surface area contributed by atoms with Crippen molar-refractivity contribution in [3.05, 3.63) is 73.0 Å². The average molecular weight is 500 g/mol. The van der Waals surface area contributed by atoms with Crippen molar-refractivity contribution >= 4 is 28.2 Å². The minimum absolute atomic E-state index is 0.281. The minimum atomic E-state index is -0.281. The van der Waals surface area contributed by atoms with Gasteiger partial charge < -0.3 is 24.4 Å². The van der Waals surface area contributed by atoms with E-state index < -0.39 is 0 Å². The maximum Gasteiger partial charge on any atom is 0.247 e. The lowest BCUT2D eigenvalue weighted by molar-refractivity contribution is -0.111. The second-order valence-electron chi connectivity index (χ2n) is 9.17. The largest absolute Gasteiger partial charge is 0.496 e. The molecule has 2 aromatic heterocycles. The van der Waals surface area contributed by atoms with Gasteiger partial charge in [-0.3, -0.25) is 4.79 Å². The van der Waals surface area contributed by atoms with Crippen molar-refractivity contribution < 1.29 is 9.53 Å². The molecule has 4 aromatic rings. The zero-order valence-corrected chi connectivity index (χ0v) is 22.0. The Morgan fingerprint density at radius 3 is 2.68 bits per heavy atom. The van der Waals surface area contributed by atoms with Crippen LogP contribution in [0.3, 0.4) is 0 Å². The Labute approximate surface area is 217 Å². The number of amides is 1. The molecule has 1 N–H and O–H groups in total. The molecule has 0 fully saturated rings. The number of aromatic nitrogens is 4. The molecule has 0 unspecified atom stereocenters. The molecule has 4 rings (SSSR count). The van der Waals surface area contributed by atoms with Gasteiger partial charge in [0.2, 0.25) is 5.91 Å². The van der Waals surface area contributed by atoms with E-state index in [0.717, 1.165) is 40.8 Å². The number of nitrogens with zero attached hydrogens (tertiary/aromatic N) is 6. The van der Waals surface area contributed by atoms with Crippen LogP contribution in [-0.4, -0.2) is 71.7 Å². The van der Waals surface area contributed by atoms with Crippen molar-refractivity contribution in [1.29, 1.82) is 0 Å². The average Bonchev–Trinajstić information content (AvgIpc) is 3.24. The molecule has 1 amide bonds. The van der Waals surface area contributed by atoms with E-state index in [0.29, 0.717) is 29.5 Å². The van der Waals surface area contributed by atoms with E-state index in [4.69, 9.17) is 9.72 Å². The molecule has 192 valence electrons. The molecule has 0 aliphatic heterocycles. The van der Waals surface area contributed by atoms with E-state index in [1.807, 2.05) is 58.7 Å². The summed E-state index contributed by atoms with van der Waals surface area (Å²) in [7, 11) is 9.69. The standard InChI is InChI=1S/C28H33N7O2/c1-7-27(36)31-22-14-19(25(37-6)16-24(22)34(4)13-12-33(2)3)15-26-29-18-30-28(32-26)21-17-35(5)23-11-9-8-10-20(21)23/h7-11,14,16-18H,1,12-13,15H2,2-6H3,(H,31,36). The fourth-order valence-corrected chi connectivity index (χ4v) is 4.25. The quantitative estimate of drug-likeness (QED) is 0.333. The van der Waals surface area contributed by atoms with Crippen molar-refractivity contribution in [2.24, 2.45) is 7.05 Å². The number of anilines is 2. The van der Waals surface area contributed by atoms with E-state index in [-0.39, 0.29) is 5.91 Å². The molecular formula is C28H33N7O2. The Morgan fingerprint density at radius 1 is 1.16 bits per heavy atom. The molecule has 0 aliphatic carbocycles. The van der Waals surface area contributed by atoms with E-state index >= 15 is 0 Å². The number of carbonyl (C=O) groups excluding carboxylic acids is 1. The number of ether oxygens (including phenoxy) is 1. The van der Waals surface area contributed by atoms with E-state index in [1.165, 1.54) is 12.4 Å². The third-order valence-electron chi connectivity index (χ3n) is 6.24. The highest BCUT2D eigenvalue weighted by molar-refractivity contribution is 6.01.